The highest BCUT2D eigenvalue weighted by atomic mass is 15.1. The maximum absolute atomic E-state index is 4.57. The van der Waals surface area contributed by atoms with Crippen molar-refractivity contribution in [2.24, 2.45) is 5.41 Å². The molecular formula is C31H32N2. The molecule has 1 aromatic heterocycles. The van der Waals surface area contributed by atoms with Crippen molar-refractivity contribution in [3.63, 3.8) is 0 Å². The van der Waals surface area contributed by atoms with Gasteiger partial charge >= 0.3 is 0 Å². The first-order valence-corrected chi connectivity index (χ1v) is 12.1. The zero-order chi connectivity index (χ0) is 23.2. The van der Waals surface area contributed by atoms with Crippen LogP contribution in [0.5, 0.6) is 0 Å². The van der Waals surface area contributed by atoms with Crippen LogP contribution in [0.3, 0.4) is 0 Å². The largest absolute Gasteiger partial charge is 0.155 e. The predicted octanol–water partition coefficient (Wildman–Crippen LogP) is 7.27. The summed E-state index contributed by atoms with van der Waals surface area (Å²) in [6.45, 7) is 14.1. The molecule has 1 spiro atoms. The van der Waals surface area contributed by atoms with Crippen molar-refractivity contribution >= 4 is 10.8 Å². The molecule has 6 rings (SSSR count). The molecule has 0 unspecified atom stereocenters. The Labute approximate surface area is 197 Å². The van der Waals surface area contributed by atoms with E-state index in [1.54, 1.807) is 0 Å². The van der Waals surface area contributed by atoms with E-state index in [1.807, 2.05) is 6.92 Å². The second-order valence-electron chi connectivity index (χ2n) is 11.4. The normalized spacial score (nSPS) is 19.1. The Hall–Kier alpha value is -3.00. The van der Waals surface area contributed by atoms with Crippen molar-refractivity contribution in [2.45, 2.75) is 65.2 Å². The molecule has 2 aliphatic carbocycles. The van der Waals surface area contributed by atoms with Crippen LogP contribution < -0.4 is 0 Å². The lowest BCUT2D eigenvalue weighted by Crippen LogP contribution is -2.48. The summed E-state index contributed by atoms with van der Waals surface area (Å²) in [5.41, 5.74) is 10.7. The van der Waals surface area contributed by atoms with Gasteiger partial charge in [-0.2, -0.15) is 10.2 Å². The first-order chi connectivity index (χ1) is 15.7. The third kappa shape index (κ3) is 2.55. The first kappa shape index (κ1) is 20.6. The Morgan fingerprint density at radius 1 is 0.697 bits per heavy atom. The van der Waals surface area contributed by atoms with E-state index in [9.17, 15) is 0 Å². The van der Waals surface area contributed by atoms with Crippen LogP contribution in [-0.2, 0) is 23.7 Å². The number of hydrogen-bond donors (Lipinski definition) is 0. The van der Waals surface area contributed by atoms with Gasteiger partial charge in [0.2, 0.25) is 0 Å². The molecule has 0 amide bonds. The number of nitrogens with zero attached hydrogens (tertiary/aromatic N) is 2. The quantitative estimate of drug-likeness (QED) is 0.316. The number of aryl methyl sites for hydroxylation is 2. The lowest BCUT2D eigenvalue weighted by molar-refractivity contribution is 0.0889. The molecule has 0 fully saturated rings. The Morgan fingerprint density at radius 3 is 1.97 bits per heavy atom. The summed E-state index contributed by atoms with van der Waals surface area (Å²) in [7, 11) is 0. The standard InChI is InChI=1S/C31H32N2/c1-19-14-28(33-32-20(19)2)24-13-9-12-21-15-26-27(16-25(21)24)30(5,6)31(29(26,3)4)17-22-10-7-8-11-23(22)18-31/h7-16H,17-18H2,1-6H3. The van der Waals surface area contributed by atoms with E-state index in [1.165, 1.54) is 44.2 Å². The number of aromatic nitrogens is 2. The molecule has 0 bridgehead atoms. The Bertz CT molecular complexity index is 1420. The second kappa shape index (κ2) is 6.53. The summed E-state index contributed by atoms with van der Waals surface area (Å²) < 4.78 is 0. The molecule has 166 valence electrons. The minimum Gasteiger partial charge on any atom is -0.155 e. The van der Waals surface area contributed by atoms with Gasteiger partial charge < -0.3 is 0 Å². The highest BCUT2D eigenvalue weighted by Gasteiger charge is 2.63. The molecule has 2 heteroatoms. The number of rotatable bonds is 1. The fourth-order valence-corrected chi connectivity index (χ4v) is 7.06. The van der Waals surface area contributed by atoms with Crippen LogP contribution in [0.4, 0.5) is 0 Å². The van der Waals surface area contributed by atoms with Crippen LogP contribution in [0.1, 0.15) is 61.2 Å². The third-order valence-corrected chi connectivity index (χ3v) is 9.37. The van der Waals surface area contributed by atoms with Gasteiger partial charge in [-0.3, -0.25) is 0 Å². The summed E-state index contributed by atoms with van der Waals surface area (Å²) in [5.74, 6) is 0. The Morgan fingerprint density at radius 2 is 1.33 bits per heavy atom. The number of fused-ring (bicyclic) bond motifs is 3. The lowest BCUT2D eigenvalue weighted by atomic mass is 9.55. The van der Waals surface area contributed by atoms with Crippen LogP contribution in [0.2, 0.25) is 0 Å². The minimum absolute atomic E-state index is 0.0566. The molecule has 0 aliphatic heterocycles. The molecule has 0 saturated heterocycles. The highest BCUT2D eigenvalue weighted by Crippen LogP contribution is 2.67. The fraction of sp³-hybridized carbons (Fsp3) is 0.355. The van der Waals surface area contributed by atoms with Gasteiger partial charge in [0.05, 0.1) is 11.4 Å². The van der Waals surface area contributed by atoms with Crippen molar-refractivity contribution in [1.82, 2.24) is 10.2 Å². The molecular weight excluding hydrogens is 400 g/mol. The van der Waals surface area contributed by atoms with E-state index in [0.717, 1.165) is 24.2 Å². The Kier molecular flexibility index (Phi) is 4.08. The van der Waals surface area contributed by atoms with E-state index in [2.05, 4.69) is 105 Å². The van der Waals surface area contributed by atoms with E-state index >= 15 is 0 Å². The van der Waals surface area contributed by atoms with Gasteiger partial charge in [-0.1, -0.05) is 76.2 Å². The average molecular weight is 433 g/mol. The molecule has 0 radical (unpaired) electrons. The van der Waals surface area contributed by atoms with Gasteiger partial charge in [-0.05, 0) is 93.7 Å². The highest BCUT2D eigenvalue weighted by molar-refractivity contribution is 5.97. The van der Waals surface area contributed by atoms with Crippen LogP contribution >= 0.6 is 0 Å². The van der Waals surface area contributed by atoms with Crippen LogP contribution in [0.15, 0.2) is 60.7 Å². The summed E-state index contributed by atoms with van der Waals surface area (Å²) in [6, 6.07) is 22.8. The van der Waals surface area contributed by atoms with Gasteiger partial charge in [0.1, 0.15) is 0 Å². The number of benzene rings is 3. The van der Waals surface area contributed by atoms with Gasteiger partial charge in [0, 0.05) is 5.56 Å². The van der Waals surface area contributed by atoms with Crippen molar-refractivity contribution in [1.29, 1.82) is 0 Å². The molecule has 0 saturated carbocycles. The van der Waals surface area contributed by atoms with Gasteiger partial charge in [0.15, 0.2) is 0 Å². The van der Waals surface area contributed by atoms with E-state index in [-0.39, 0.29) is 16.2 Å². The number of hydrogen-bond acceptors (Lipinski definition) is 2. The summed E-state index contributed by atoms with van der Waals surface area (Å²) in [6.07, 6.45) is 2.29. The van der Waals surface area contributed by atoms with E-state index < -0.39 is 0 Å². The summed E-state index contributed by atoms with van der Waals surface area (Å²) >= 11 is 0. The van der Waals surface area contributed by atoms with Gasteiger partial charge in [-0.15, -0.1) is 0 Å². The van der Waals surface area contributed by atoms with E-state index in [0.29, 0.717) is 0 Å². The Balaban J connectivity index is 1.59. The predicted molar refractivity (Wildman–Crippen MR) is 137 cm³/mol. The molecule has 33 heavy (non-hydrogen) atoms. The third-order valence-electron chi connectivity index (χ3n) is 9.37. The van der Waals surface area contributed by atoms with Crippen molar-refractivity contribution in [3.8, 4) is 11.3 Å². The lowest BCUT2D eigenvalue weighted by Gasteiger charge is -2.47. The van der Waals surface area contributed by atoms with Crippen LogP contribution in [0, 0.1) is 19.3 Å². The zero-order valence-corrected chi connectivity index (χ0v) is 20.6. The summed E-state index contributed by atoms with van der Waals surface area (Å²) in [5, 5.41) is 11.6. The first-order valence-electron chi connectivity index (χ1n) is 12.1. The molecule has 2 nitrogen and oxygen atoms in total. The SMILES string of the molecule is Cc1cc(-c2cccc3cc4c(cc23)C(C)(C)C2(Cc3ccccc3C2)C4(C)C)nnc1C. The van der Waals surface area contributed by atoms with Gasteiger partial charge in [0.25, 0.3) is 0 Å². The molecule has 4 aromatic rings. The molecule has 2 aliphatic rings. The molecule has 0 N–H and O–H groups in total. The molecule has 3 aromatic carbocycles. The molecule has 1 heterocycles. The zero-order valence-electron chi connectivity index (χ0n) is 20.6. The van der Waals surface area contributed by atoms with Crippen molar-refractivity contribution in [2.75, 3.05) is 0 Å². The maximum Gasteiger partial charge on any atom is 0.0938 e. The topological polar surface area (TPSA) is 25.8 Å². The van der Waals surface area contributed by atoms with Crippen LogP contribution in [0.25, 0.3) is 22.0 Å². The average Bonchev–Trinajstić information content (AvgIpc) is 3.26. The van der Waals surface area contributed by atoms with Crippen molar-refractivity contribution in [3.05, 3.63) is 94.2 Å². The fourth-order valence-electron chi connectivity index (χ4n) is 7.06. The molecule has 0 atom stereocenters. The smallest absolute Gasteiger partial charge is 0.0938 e. The second-order valence-corrected chi connectivity index (χ2v) is 11.4. The monoisotopic (exact) mass is 432 g/mol. The van der Waals surface area contributed by atoms with Gasteiger partial charge in [-0.25, -0.2) is 0 Å². The summed E-state index contributed by atoms with van der Waals surface area (Å²) in [4.78, 5) is 0. The van der Waals surface area contributed by atoms with E-state index in [4.69, 9.17) is 0 Å². The maximum atomic E-state index is 4.57. The van der Waals surface area contributed by atoms with Crippen LogP contribution in [-0.4, -0.2) is 10.2 Å². The minimum atomic E-state index is 0.0566. The van der Waals surface area contributed by atoms with Crippen molar-refractivity contribution < 1.29 is 0 Å².